The van der Waals surface area contributed by atoms with Crippen molar-refractivity contribution in [3.8, 4) is 0 Å². The zero-order valence-corrected chi connectivity index (χ0v) is 16.5. The van der Waals surface area contributed by atoms with E-state index in [-0.39, 0.29) is 5.41 Å². The van der Waals surface area contributed by atoms with E-state index in [4.69, 9.17) is 4.99 Å². The molecule has 0 fully saturated rings. The Morgan fingerprint density at radius 3 is 2.65 bits per heavy atom. The van der Waals surface area contributed by atoms with Crippen molar-refractivity contribution in [2.24, 2.45) is 34.1 Å². The Morgan fingerprint density at radius 1 is 1.17 bits per heavy atom. The van der Waals surface area contributed by atoms with Gasteiger partial charge in [0.15, 0.2) is 0 Å². The van der Waals surface area contributed by atoms with Crippen LogP contribution in [0.1, 0.15) is 53.4 Å². The maximum Gasteiger partial charge on any atom is 0.0786 e. The second-order valence-electron chi connectivity index (χ2n) is 8.32. The van der Waals surface area contributed by atoms with Crippen LogP contribution < -0.4 is 0 Å². The highest BCUT2D eigenvalue weighted by molar-refractivity contribution is 9.18. The number of hydrogen-bond acceptors (Lipinski definition) is 1. The quantitative estimate of drug-likeness (QED) is 0.500. The lowest BCUT2D eigenvalue weighted by Crippen LogP contribution is -2.38. The molecular formula is C21H30BrN. The molecule has 1 nitrogen and oxygen atoms in total. The lowest BCUT2D eigenvalue weighted by molar-refractivity contribution is 0.212. The Hall–Kier alpha value is -0.630. The molecule has 2 aliphatic carbocycles. The van der Waals surface area contributed by atoms with Crippen molar-refractivity contribution in [3.63, 3.8) is 0 Å². The summed E-state index contributed by atoms with van der Waals surface area (Å²) in [7, 11) is 0. The van der Waals surface area contributed by atoms with Crippen molar-refractivity contribution in [1.29, 1.82) is 0 Å². The summed E-state index contributed by atoms with van der Waals surface area (Å²) in [6, 6.07) is 0.408. The Morgan fingerprint density at radius 2 is 1.96 bits per heavy atom. The van der Waals surface area contributed by atoms with Crippen LogP contribution in [0, 0.1) is 29.1 Å². The zero-order chi connectivity index (χ0) is 16.6. The van der Waals surface area contributed by atoms with Gasteiger partial charge >= 0.3 is 0 Å². The fourth-order valence-electron chi connectivity index (χ4n) is 4.44. The summed E-state index contributed by atoms with van der Waals surface area (Å²) in [6.45, 7) is 9.52. The Bertz CT molecular complexity index is 570. The van der Waals surface area contributed by atoms with Crippen LogP contribution in [0.5, 0.6) is 0 Å². The maximum absolute atomic E-state index is 5.03. The summed E-state index contributed by atoms with van der Waals surface area (Å²) in [4.78, 5) is 5.03. The third-order valence-corrected chi connectivity index (χ3v) is 6.81. The van der Waals surface area contributed by atoms with Gasteiger partial charge in [-0.2, -0.15) is 0 Å². The molecule has 2 heteroatoms. The third kappa shape index (κ3) is 3.57. The van der Waals surface area contributed by atoms with Crippen molar-refractivity contribution in [2.75, 3.05) is 0 Å². The second-order valence-corrected chi connectivity index (χ2v) is 9.24. The normalized spacial score (nSPS) is 44.0. The van der Waals surface area contributed by atoms with Crippen LogP contribution in [0.25, 0.3) is 0 Å². The summed E-state index contributed by atoms with van der Waals surface area (Å²) in [5, 5.41) is 0. The van der Waals surface area contributed by atoms with Gasteiger partial charge in [-0.1, -0.05) is 58.1 Å². The molecule has 0 saturated heterocycles. The third-order valence-electron chi connectivity index (χ3n) is 6.33. The minimum absolute atomic E-state index is 0.218. The van der Waals surface area contributed by atoms with Gasteiger partial charge in [0.05, 0.1) is 10.7 Å². The van der Waals surface area contributed by atoms with Gasteiger partial charge in [-0.25, -0.2) is 0 Å². The first kappa shape index (κ1) is 17.2. The summed E-state index contributed by atoms with van der Waals surface area (Å²) >= 11 is 3.76. The van der Waals surface area contributed by atoms with Gasteiger partial charge < -0.3 is 0 Å². The van der Waals surface area contributed by atoms with Crippen LogP contribution in [0.15, 0.2) is 40.9 Å². The van der Waals surface area contributed by atoms with Crippen LogP contribution in [-0.2, 0) is 0 Å². The smallest absolute Gasteiger partial charge is 0.0786 e. The summed E-state index contributed by atoms with van der Waals surface area (Å²) < 4.78 is 1.16. The van der Waals surface area contributed by atoms with Crippen molar-refractivity contribution in [3.05, 3.63) is 36.0 Å². The molecule has 6 atom stereocenters. The van der Waals surface area contributed by atoms with E-state index in [0.717, 1.165) is 17.0 Å². The van der Waals surface area contributed by atoms with E-state index >= 15 is 0 Å². The second kappa shape index (κ2) is 6.70. The Balaban J connectivity index is 1.84. The van der Waals surface area contributed by atoms with Gasteiger partial charge in [0.25, 0.3) is 0 Å². The molecule has 0 radical (unpaired) electrons. The molecule has 0 amide bonds. The lowest BCUT2D eigenvalue weighted by Gasteiger charge is -2.43. The molecule has 6 unspecified atom stereocenters. The van der Waals surface area contributed by atoms with E-state index < -0.39 is 0 Å². The van der Waals surface area contributed by atoms with E-state index in [2.05, 4.69) is 74.0 Å². The maximum atomic E-state index is 5.03. The highest BCUT2D eigenvalue weighted by Crippen LogP contribution is 2.47. The molecule has 0 aromatic carbocycles. The van der Waals surface area contributed by atoms with Crippen molar-refractivity contribution >= 4 is 20.6 Å². The van der Waals surface area contributed by atoms with Gasteiger partial charge in [0.2, 0.25) is 0 Å². The van der Waals surface area contributed by atoms with Gasteiger partial charge in [0.1, 0.15) is 0 Å². The largest absolute Gasteiger partial charge is 0.278 e. The molecule has 1 aliphatic heterocycles. The number of allylic oxidation sites excluding steroid dienone is 5. The predicted octanol–water partition coefficient (Wildman–Crippen LogP) is 6.32. The van der Waals surface area contributed by atoms with E-state index in [0.29, 0.717) is 23.8 Å². The highest BCUT2D eigenvalue weighted by Gasteiger charge is 2.40. The molecule has 0 aromatic heterocycles. The molecule has 0 N–H and O–H groups in total. The first-order valence-corrected chi connectivity index (χ1v) is 9.96. The van der Waals surface area contributed by atoms with E-state index in [9.17, 15) is 0 Å². The molecule has 0 saturated carbocycles. The van der Waals surface area contributed by atoms with Crippen LogP contribution >= 0.6 is 15.9 Å². The molecule has 0 aromatic rings. The molecule has 3 rings (SSSR count). The monoisotopic (exact) mass is 375 g/mol. The number of rotatable bonds is 2. The van der Waals surface area contributed by atoms with E-state index in [1.54, 1.807) is 0 Å². The fourth-order valence-corrected chi connectivity index (χ4v) is 5.32. The molecule has 23 heavy (non-hydrogen) atoms. The standard InChI is InChI=1S/C21H30BrN/c1-14-8-10-17(11-9-14)21(4)12-19(23-20(22)13-21)18-7-5-6-15(2)16(18)3/h5,7-8,10-11,14-16,18-19H,6,9,12-13H2,1-4H3. The van der Waals surface area contributed by atoms with Gasteiger partial charge in [-0.15, -0.1) is 0 Å². The van der Waals surface area contributed by atoms with Crippen molar-refractivity contribution < 1.29 is 0 Å². The highest BCUT2D eigenvalue weighted by atomic mass is 79.9. The average molecular weight is 376 g/mol. The van der Waals surface area contributed by atoms with Crippen molar-refractivity contribution in [1.82, 2.24) is 0 Å². The van der Waals surface area contributed by atoms with E-state index in [1.165, 1.54) is 24.8 Å². The van der Waals surface area contributed by atoms with E-state index in [1.807, 2.05) is 0 Å². The topological polar surface area (TPSA) is 12.4 Å². The summed E-state index contributed by atoms with van der Waals surface area (Å²) in [5.41, 5.74) is 1.74. The number of nitrogens with zero attached hydrogens (tertiary/aromatic N) is 1. The first-order valence-electron chi connectivity index (χ1n) is 9.17. The number of hydrogen-bond donors (Lipinski definition) is 0. The SMILES string of the molecule is CC1C=CC(C2(C)CC(Br)=NC(C3C=CCC(C)C3C)C2)=CC1. The number of halogens is 1. The van der Waals surface area contributed by atoms with Crippen LogP contribution in [-0.4, -0.2) is 10.7 Å². The van der Waals surface area contributed by atoms with Gasteiger partial charge in [-0.05, 0) is 58.5 Å². The Labute approximate surface area is 150 Å². The molecule has 3 aliphatic rings. The van der Waals surface area contributed by atoms with Crippen molar-refractivity contribution in [2.45, 2.75) is 59.4 Å². The molecular weight excluding hydrogens is 346 g/mol. The summed E-state index contributed by atoms with van der Waals surface area (Å²) in [5.74, 6) is 2.74. The van der Waals surface area contributed by atoms with Gasteiger partial charge in [-0.3, -0.25) is 4.99 Å². The first-order chi connectivity index (χ1) is 10.9. The van der Waals surface area contributed by atoms with Crippen LogP contribution in [0.3, 0.4) is 0 Å². The molecule has 0 spiro atoms. The molecule has 126 valence electrons. The van der Waals surface area contributed by atoms with Crippen LogP contribution in [0.2, 0.25) is 0 Å². The molecule has 1 heterocycles. The minimum Gasteiger partial charge on any atom is -0.278 e. The molecule has 0 bridgehead atoms. The fraction of sp³-hybridized carbons (Fsp3) is 0.667. The predicted molar refractivity (Wildman–Crippen MR) is 104 cm³/mol. The minimum atomic E-state index is 0.218. The average Bonchev–Trinajstić information content (AvgIpc) is 2.49. The number of aliphatic imine (C=N–C) groups is 1. The van der Waals surface area contributed by atoms with Crippen LogP contribution in [0.4, 0.5) is 0 Å². The Kier molecular flexibility index (Phi) is 5.01. The zero-order valence-electron chi connectivity index (χ0n) is 14.9. The lowest BCUT2D eigenvalue weighted by atomic mass is 9.66. The van der Waals surface area contributed by atoms with Gasteiger partial charge in [0, 0.05) is 17.8 Å². The summed E-state index contributed by atoms with van der Waals surface area (Å²) in [6.07, 6.45) is 16.6.